The summed E-state index contributed by atoms with van der Waals surface area (Å²) in [5.41, 5.74) is 4.66. The molecule has 1 fully saturated rings. The zero-order chi connectivity index (χ0) is 23.2. The Hall–Kier alpha value is -3.04. The minimum atomic E-state index is -1.06. The molecule has 1 heterocycles. The zero-order valence-electron chi connectivity index (χ0n) is 18.1. The number of carboxylic acids is 1. The van der Waals surface area contributed by atoms with E-state index in [1.54, 1.807) is 0 Å². The Labute approximate surface area is 196 Å². The third kappa shape index (κ3) is 5.31. The average Bonchev–Trinajstić information content (AvgIpc) is 3.16. The average molecular weight is 471 g/mol. The molecule has 33 heavy (non-hydrogen) atoms. The first-order chi connectivity index (χ1) is 16.1. The molecule has 8 nitrogen and oxygen atoms in total. The lowest BCUT2D eigenvalue weighted by Gasteiger charge is -2.32. The SMILES string of the molecule is O=C(NCCSCC(=O)N1CCOCC1C(=O)O)OCC1c2ccccc2-c2ccccc21. The van der Waals surface area contributed by atoms with Crippen LogP contribution in [0.15, 0.2) is 48.5 Å². The van der Waals surface area contributed by atoms with Crippen molar-refractivity contribution < 1.29 is 29.0 Å². The lowest BCUT2D eigenvalue weighted by Crippen LogP contribution is -2.53. The molecule has 1 unspecified atom stereocenters. The molecule has 1 atom stereocenters. The van der Waals surface area contributed by atoms with E-state index < -0.39 is 18.1 Å². The van der Waals surface area contributed by atoms with Crippen LogP contribution in [0.5, 0.6) is 0 Å². The number of nitrogens with one attached hydrogen (secondary N) is 1. The number of thioether (sulfide) groups is 1. The number of benzene rings is 2. The van der Waals surface area contributed by atoms with Gasteiger partial charge in [0.05, 0.1) is 19.0 Å². The summed E-state index contributed by atoms with van der Waals surface area (Å²) in [4.78, 5) is 37.1. The van der Waals surface area contributed by atoms with E-state index in [0.717, 1.165) is 11.1 Å². The first kappa shape index (κ1) is 23.1. The maximum Gasteiger partial charge on any atom is 0.407 e. The number of amides is 2. The van der Waals surface area contributed by atoms with E-state index in [4.69, 9.17) is 9.47 Å². The number of morpholine rings is 1. The molecule has 0 saturated carbocycles. The van der Waals surface area contributed by atoms with Gasteiger partial charge in [0, 0.05) is 24.8 Å². The van der Waals surface area contributed by atoms with Crippen LogP contribution in [0, 0.1) is 0 Å². The van der Waals surface area contributed by atoms with Gasteiger partial charge in [0.15, 0.2) is 6.04 Å². The molecule has 2 aromatic rings. The van der Waals surface area contributed by atoms with Gasteiger partial charge in [0.25, 0.3) is 0 Å². The fourth-order valence-electron chi connectivity index (χ4n) is 4.22. The van der Waals surface area contributed by atoms with E-state index in [1.165, 1.54) is 27.8 Å². The molecule has 2 amide bonds. The third-order valence-corrected chi connectivity index (χ3v) is 6.76. The van der Waals surface area contributed by atoms with Crippen molar-refractivity contribution in [1.82, 2.24) is 10.2 Å². The molecule has 0 radical (unpaired) electrons. The number of carboxylic acid groups (broad SMARTS) is 1. The van der Waals surface area contributed by atoms with Crippen molar-refractivity contribution in [2.75, 3.05) is 44.4 Å². The summed E-state index contributed by atoms with van der Waals surface area (Å²) in [5.74, 6) is -0.638. The molecule has 2 N–H and O–H groups in total. The molecule has 0 spiro atoms. The number of rotatable bonds is 8. The maximum atomic E-state index is 12.3. The normalized spacial score (nSPS) is 17.2. The van der Waals surface area contributed by atoms with Gasteiger partial charge >= 0.3 is 12.1 Å². The number of nitrogens with zero attached hydrogens (tertiary/aromatic N) is 1. The highest BCUT2D eigenvalue weighted by Crippen LogP contribution is 2.44. The molecule has 2 aromatic carbocycles. The molecule has 1 saturated heterocycles. The van der Waals surface area contributed by atoms with Crippen LogP contribution in [-0.2, 0) is 19.1 Å². The van der Waals surface area contributed by atoms with Crippen molar-refractivity contribution in [2.45, 2.75) is 12.0 Å². The number of carbonyl (C=O) groups is 3. The number of aliphatic carboxylic acids is 1. The first-order valence-corrected chi connectivity index (χ1v) is 12.0. The maximum absolute atomic E-state index is 12.3. The number of carbonyl (C=O) groups excluding carboxylic acids is 2. The molecule has 174 valence electrons. The van der Waals surface area contributed by atoms with Crippen molar-refractivity contribution in [1.29, 1.82) is 0 Å². The predicted molar refractivity (Wildman–Crippen MR) is 124 cm³/mol. The first-order valence-electron chi connectivity index (χ1n) is 10.8. The summed E-state index contributed by atoms with van der Waals surface area (Å²) in [5, 5.41) is 11.9. The summed E-state index contributed by atoms with van der Waals surface area (Å²) < 4.78 is 10.6. The van der Waals surface area contributed by atoms with E-state index >= 15 is 0 Å². The van der Waals surface area contributed by atoms with E-state index in [0.29, 0.717) is 18.9 Å². The van der Waals surface area contributed by atoms with Gasteiger partial charge in [0.2, 0.25) is 5.91 Å². The zero-order valence-corrected chi connectivity index (χ0v) is 18.9. The largest absolute Gasteiger partial charge is 0.480 e. The molecular formula is C24H26N2O6S. The smallest absolute Gasteiger partial charge is 0.407 e. The van der Waals surface area contributed by atoms with Crippen molar-refractivity contribution in [2.24, 2.45) is 0 Å². The Morgan fingerprint density at radius 1 is 1.09 bits per heavy atom. The van der Waals surface area contributed by atoms with Crippen molar-refractivity contribution in [3.63, 3.8) is 0 Å². The van der Waals surface area contributed by atoms with Crippen LogP contribution in [-0.4, -0.2) is 78.4 Å². The number of fused-ring (bicyclic) bond motifs is 3. The second kappa shape index (κ2) is 10.7. The van der Waals surface area contributed by atoms with Crippen molar-refractivity contribution in [3.8, 4) is 11.1 Å². The molecule has 2 aliphatic rings. The fourth-order valence-corrected chi connectivity index (χ4v) is 4.96. The lowest BCUT2D eigenvalue weighted by molar-refractivity contribution is -0.157. The second-order valence-electron chi connectivity index (χ2n) is 7.82. The molecule has 0 aromatic heterocycles. The summed E-state index contributed by atoms with van der Waals surface area (Å²) in [6.07, 6.45) is -0.497. The number of alkyl carbamates (subject to hydrolysis) is 1. The summed E-state index contributed by atoms with van der Waals surface area (Å²) in [7, 11) is 0. The number of ether oxygens (including phenoxy) is 2. The Bertz CT molecular complexity index is 984. The number of hydrogen-bond acceptors (Lipinski definition) is 6. The molecular weight excluding hydrogens is 444 g/mol. The lowest BCUT2D eigenvalue weighted by atomic mass is 9.98. The third-order valence-electron chi connectivity index (χ3n) is 5.82. The van der Waals surface area contributed by atoms with Crippen LogP contribution in [0.3, 0.4) is 0 Å². The summed E-state index contributed by atoms with van der Waals surface area (Å²) in [6, 6.07) is 15.4. The Morgan fingerprint density at radius 3 is 2.42 bits per heavy atom. The van der Waals surface area contributed by atoms with Crippen LogP contribution >= 0.6 is 11.8 Å². The van der Waals surface area contributed by atoms with Gasteiger partial charge in [-0.2, -0.15) is 11.8 Å². The monoisotopic (exact) mass is 470 g/mol. The highest BCUT2D eigenvalue weighted by molar-refractivity contribution is 7.99. The standard InChI is InChI=1S/C24H26N2O6S/c27-22(26-10-11-31-14-21(26)23(28)29)15-33-12-9-25-24(30)32-13-20-18-7-3-1-5-16(18)17-6-2-4-8-19(17)20/h1-8,20-21H,9-15H2,(H,25,30)(H,28,29). The van der Waals surface area contributed by atoms with Gasteiger partial charge in [0.1, 0.15) is 6.61 Å². The highest BCUT2D eigenvalue weighted by atomic mass is 32.2. The van der Waals surface area contributed by atoms with E-state index in [-0.39, 0.29) is 37.3 Å². The quantitative estimate of drug-likeness (QED) is 0.572. The number of hydrogen-bond donors (Lipinski definition) is 2. The van der Waals surface area contributed by atoms with Crippen LogP contribution in [0.4, 0.5) is 4.79 Å². The minimum absolute atomic E-state index is 0.00542. The minimum Gasteiger partial charge on any atom is -0.480 e. The summed E-state index contributed by atoms with van der Waals surface area (Å²) in [6.45, 7) is 1.21. The van der Waals surface area contributed by atoms with Gasteiger partial charge in [-0.05, 0) is 22.3 Å². The Balaban J connectivity index is 1.19. The highest BCUT2D eigenvalue weighted by Gasteiger charge is 2.32. The molecule has 4 rings (SSSR count). The fraction of sp³-hybridized carbons (Fsp3) is 0.375. The Morgan fingerprint density at radius 2 is 1.76 bits per heavy atom. The van der Waals surface area contributed by atoms with Gasteiger partial charge in [-0.25, -0.2) is 9.59 Å². The Kier molecular flexibility index (Phi) is 7.51. The molecule has 1 aliphatic heterocycles. The molecule has 1 aliphatic carbocycles. The predicted octanol–water partition coefficient (Wildman–Crippen LogP) is 2.57. The van der Waals surface area contributed by atoms with Crippen LogP contribution in [0.2, 0.25) is 0 Å². The van der Waals surface area contributed by atoms with Crippen molar-refractivity contribution >= 4 is 29.7 Å². The van der Waals surface area contributed by atoms with Gasteiger partial charge < -0.3 is 24.8 Å². The topological polar surface area (TPSA) is 105 Å². The van der Waals surface area contributed by atoms with E-state index in [9.17, 15) is 19.5 Å². The summed E-state index contributed by atoms with van der Waals surface area (Å²) >= 11 is 1.34. The van der Waals surface area contributed by atoms with Gasteiger partial charge in [-0.3, -0.25) is 4.79 Å². The van der Waals surface area contributed by atoms with Crippen LogP contribution in [0.25, 0.3) is 11.1 Å². The second-order valence-corrected chi connectivity index (χ2v) is 8.93. The van der Waals surface area contributed by atoms with Crippen LogP contribution in [0.1, 0.15) is 17.0 Å². The van der Waals surface area contributed by atoms with E-state index in [1.807, 2.05) is 24.3 Å². The molecule has 0 bridgehead atoms. The van der Waals surface area contributed by atoms with Crippen molar-refractivity contribution in [3.05, 3.63) is 59.7 Å². The molecule has 9 heteroatoms. The van der Waals surface area contributed by atoms with Gasteiger partial charge in [-0.15, -0.1) is 0 Å². The van der Waals surface area contributed by atoms with Crippen LogP contribution < -0.4 is 5.32 Å². The van der Waals surface area contributed by atoms with E-state index in [2.05, 4.69) is 29.6 Å². The van der Waals surface area contributed by atoms with Gasteiger partial charge in [-0.1, -0.05) is 48.5 Å².